The molecule has 0 spiro atoms. The molecule has 0 aromatic rings. The van der Waals surface area contributed by atoms with Crippen LogP contribution in [0.1, 0.15) is 32.1 Å². The molecule has 3 atom stereocenters. The van der Waals surface area contributed by atoms with Gasteiger partial charge in [0, 0.05) is 23.2 Å². The van der Waals surface area contributed by atoms with Crippen molar-refractivity contribution in [2.75, 3.05) is 18.4 Å². The Morgan fingerprint density at radius 2 is 2.19 bits per heavy atom. The lowest BCUT2D eigenvalue weighted by Crippen LogP contribution is -2.37. The fourth-order valence-corrected chi connectivity index (χ4v) is 4.91. The van der Waals surface area contributed by atoms with Gasteiger partial charge in [0.15, 0.2) is 5.17 Å². The average molecular weight is 303 g/mol. The van der Waals surface area contributed by atoms with Gasteiger partial charge in [0.25, 0.3) is 0 Å². The number of amidine groups is 1. The summed E-state index contributed by atoms with van der Waals surface area (Å²) in [6, 6.07) is 0.828. The molecule has 1 aliphatic carbocycles. The highest BCUT2D eigenvalue weighted by atomic mass is 79.9. The Kier molecular flexibility index (Phi) is 3.48. The molecule has 0 N–H and O–H groups in total. The second-order valence-corrected chi connectivity index (χ2v) is 7.03. The second-order valence-electron chi connectivity index (χ2n) is 5.11. The topological polar surface area (TPSA) is 15.6 Å². The molecule has 2 heterocycles. The highest BCUT2D eigenvalue weighted by Gasteiger charge is 2.38. The van der Waals surface area contributed by atoms with Gasteiger partial charge in [-0.05, 0) is 25.2 Å². The molecular formula is C12H19BrN2S. The maximum atomic E-state index is 4.74. The monoisotopic (exact) mass is 302 g/mol. The number of fused-ring (bicyclic) bond motifs is 1. The third-order valence-corrected chi connectivity index (χ3v) is 6.56. The lowest BCUT2D eigenvalue weighted by Gasteiger charge is -2.32. The van der Waals surface area contributed by atoms with E-state index in [0.717, 1.165) is 23.8 Å². The van der Waals surface area contributed by atoms with E-state index in [9.17, 15) is 0 Å². The van der Waals surface area contributed by atoms with Gasteiger partial charge in [-0.15, -0.1) is 0 Å². The Morgan fingerprint density at radius 1 is 1.31 bits per heavy atom. The first-order valence-electron chi connectivity index (χ1n) is 6.42. The molecule has 2 aliphatic heterocycles. The number of rotatable bonds is 1. The van der Waals surface area contributed by atoms with Gasteiger partial charge >= 0.3 is 0 Å². The molecule has 16 heavy (non-hydrogen) atoms. The van der Waals surface area contributed by atoms with Crippen molar-refractivity contribution in [1.82, 2.24) is 4.90 Å². The van der Waals surface area contributed by atoms with E-state index in [0.29, 0.717) is 5.25 Å². The van der Waals surface area contributed by atoms with Crippen LogP contribution in [0.15, 0.2) is 4.99 Å². The standard InChI is InChI=1S/C12H19BrN2S/c13-7-10-8-14-12(16-10)15-6-5-9-3-1-2-4-11(9)15/h9-11H,1-8H2. The smallest absolute Gasteiger partial charge is 0.159 e. The minimum Gasteiger partial charge on any atom is -0.348 e. The zero-order chi connectivity index (χ0) is 11.0. The fraction of sp³-hybridized carbons (Fsp3) is 0.917. The fourth-order valence-electron chi connectivity index (χ4n) is 3.29. The van der Waals surface area contributed by atoms with E-state index in [-0.39, 0.29) is 0 Å². The van der Waals surface area contributed by atoms with Crippen LogP contribution in [0.4, 0.5) is 0 Å². The van der Waals surface area contributed by atoms with Gasteiger partial charge in [-0.1, -0.05) is 40.5 Å². The van der Waals surface area contributed by atoms with Crippen molar-refractivity contribution in [3.8, 4) is 0 Å². The van der Waals surface area contributed by atoms with Crippen LogP contribution >= 0.6 is 27.7 Å². The number of likely N-dealkylation sites (tertiary alicyclic amines) is 1. The summed E-state index contributed by atoms with van der Waals surface area (Å²) in [7, 11) is 0. The third-order valence-electron chi connectivity index (χ3n) is 4.13. The first kappa shape index (κ1) is 11.4. The largest absolute Gasteiger partial charge is 0.348 e. The molecule has 1 saturated carbocycles. The van der Waals surface area contributed by atoms with Crippen LogP contribution in [0.5, 0.6) is 0 Å². The van der Waals surface area contributed by atoms with Crippen LogP contribution in [-0.4, -0.2) is 39.8 Å². The molecule has 2 fully saturated rings. The minimum absolute atomic E-state index is 0.678. The van der Waals surface area contributed by atoms with Crippen molar-refractivity contribution in [3.05, 3.63) is 0 Å². The van der Waals surface area contributed by atoms with Gasteiger partial charge in [0.2, 0.25) is 0 Å². The predicted octanol–water partition coefficient (Wildman–Crippen LogP) is 3.12. The number of hydrogen-bond donors (Lipinski definition) is 0. The summed E-state index contributed by atoms with van der Waals surface area (Å²) in [5.41, 5.74) is 0. The second kappa shape index (κ2) is 4.89. The van der Waals surface area contributed by atoms with Gasteiger partial charge in [-0.2, -0.15) is 0 Å². The minimum atomic E-state index is 0.678. The van der Waals surface area contributed by atoms with Crippen LogP contribution < -0.4 is 0 Å². The van der Waals surface area contributed by atoms with Crippen LogP contribution in [-0.2, 0) is 0 Å². The van der Waals surface area contributed by atoms with Crippen LogP contribution in [0.3, 0.4) is 0 Å². The average Bonchev–Trinajstić information content (AvgIpc) is 2.94. The van der Waals surface area contributed by atoms with Gasteiger partial charge in [-0.25, -0.2) is 0 Å². The van der Waals surface area contributed by atoms with Crippen molar-refractivity contribution in [2.45, 2.75) is 43.4 Å². The molecule has 3 aliphatic rings. The Balaban J connectivity index is 1.67. The van der Waals surface area contributed by atoms with Crippen LogP contribution in [0, 0.1) is 5.92 Å². The van der Waals surface area contributed by atoms with Crippen molar-refractivity contribution >= 4 is 32.9 Å². The highest BCUT2D eigenvalue weighted by Crippen LogP contribution is 2.39. The summed E-state index contributed by atoms with van der Waals surface area (Å²) in [4.78, 5) is 7.36. The predicted molar refractivity (Wildman–Crippen MR) is 74.5 cm³/mol. The molecule has 0 amide bonds. The Labute approximate surface area is 110 Å². The molecule has 0 radical (unpaired) electrons. The van der Waals surface area contributed by atoms with Crippen LogP contribution in [0.25, 0.3) is 0 Å². The highest BCUT2D eigenvalue weighted by molar-refractivity contribution is 9.09. The third kappa shape index (κ3) is 2.03. The summed E-state index contributed by atoms with van der Waals surface area (Å²) in [6.45, 7) is 2.27. The van der Waals surface area contributed by atoms with E-state index in [1.54, 1.807) is 0 Å². The summed E-state index contributed by atoms with van der Waals surface area (Å²) in [5, 5.41) is 3.10. The molecule has 0 bridgehead atoms. The number of thioether (sulfide) groups is 1. The zero-order valence-corrected chi connectivity index (χ0v) is 12.0. The first-order valence-corrected chi connectivity index (χ1v) is 8.42. The maximum Gasteiger partial charge on any atom is 0.159 e. The van der Waals surface area contributed by atoms with Gasteiger partial charge in [-0.3, -0.25) is 4.99 Å². The number of alkyl halides is 1. The summed E-state index contributed by atoms with van der Waals surface area (Å²) >= 11 is 5.56. The molecule has 4 heteroatoms. The number of halogens is 1. The molecule has 3 rings (SSSR count). The summed E-state index contributed by atoms with van der Waals surface area (Å²) in [6.07, 6.45) is 7.16. The summed E-state index contributed by atoms with van der Waals surface area (Å²) in [5.74, 6) is 0.972. The van der Waals surface area contributed by atoms with Gasteiger partial charge < -0.3 is 4.90 Å². The van der Waals surface area contributed by atoms with Crippen molar-refractivity contribution in [1.29, 1.82) is 0 Å². The Morgan fingerprint density at radius 3 is 3.00 bits per heavy atom. The number of hydrogen-bond acceptors (Lipinski definition) is 3. The van der Waals surface area contributed by atoms with E-state index < -0.39 is 0 Å². The van der Waals surface area contributed by atoms with E-state index in [1.807, 2.05) is 11.8 Å². The molecule has 90 valence electrons. The molecular weight excluding hydrogens is 284 g/mol. The normalized spacial score (nSPS) is 38.7. The molecule has 1 saturated heterocycles. The summed E-state index contributed by atoms with van der Waals surface area (Å²) < 4.78 is 0. The van der Waals surface area contributed by atoms with Crippen molar-refractivity contribution < 1.29 is 0 Å². The van der Waals surface area contributed by atoms with Crippen LogP contribution in [0.2, 0.25) is 0 Å². The zero-order valence-electron chi connectivity index (χ0n) is 9.57. The molecule has 3 unspecified atom stereocenters. The number of aliphatic imine (C=N–C) groups is 1. The van der Waals surface area contributed by atoms with Gasteiger partial charge in [0.05, 0.1) is 6.54 Å². The lowest BCUT2D eigenvalue weighted by atomic mass is 9.85. The quantitative estimate of drug-likeness (QED) is 0.692. The molecule has 0 aromatic carbocycles. The maximum absolute atomic E-state index is 4.74. The number of nitrogens with zero attached hydrogens (tertiary/aromatic N) is 2. The van der Waals surface area contributed by atoms with Gasteiger partial charge in [0.1, 0.15) is 0 Å². The Hall–Kier alpha value is 0.300. The van der Waals surface area contributed by atoms with E-state index in [1.165, 1.54) is 43.8 Å². The molecule has 2 nitrogen and oxygen atoms in total. The lowest BCUT2D eigenvalue weighted by molar-refractivity contribution is 0.257. The first-order chi connectivity index (χ1) is 7.88. The van der Waals surface area contributed by atoms with Crippen molar-refractivity contribution in [3.63, 3.8) is 0 Å². The Bertz CT molecular complexity index is 295. The van der Waals surface area contributed by atoms with Crippen molar-refractivity contribution in [2.24, 2.45) is 10.9 Å². The van der Waals surface area contributed by atoms with E-state index in [2.05, 4.69) is 20.8 Å². The van der Waals surface area contributed by atoms with E-state index in [4.69, 9.17) is 4.99 Å². The molecule has 0 aromatic heterocycles. The SMILES string of the molecule is BrCC1CN=C(N2CCC3CCCCC32)S1. The van der Waals surface area contributed by atoms with E-state index >= 15 is 0 Å².